The van der Waals surface area contributed by atoms with E-state index in [2.05, 4.69) is 31.1 Å². The Morgan fingerprint density at radius 2 is 1.77 bits per heavy atom. The van der Waals surface area contributed by atoms with Crippen LogP contribution < -0.4 is 9.47 Å². The summed E-state index contributed by atoms with van der Waals surface area (Å²) in [6, 6.07) is 16.2. The van der Waals surface area contributed by atoms with Crippen molar-refractivity contribution in [2.24, 2.45) is 0 Å². The lowest BCUT2D eigenvalue weighted by Crippen LogP contribution is -2.13. The predicted molar refractivity (Wildman–Crippen MR) is 90.6 cm³/mol. The molecule has 118 valence electrons. The van der Waals surface area contributed by atoms with Gasteiger partial charge in [0.1, 0.15) is 18.1 Å². The predicted octanol–water partition coefficient (Wildman–Crippen LogP) is 3.77. The fourth-order valence-corrected chi connectivity index (χ4v) is 2.38. The maximum Gasteiger partial charge on any atom is 0.125 e. The highest BCUT2D eigenvalue weighted by molar-refractivity contribution is 5.37. The van der Waals surface area contributed by atoms with Gasteiger partial charge in [-0.1, -0.05) is 24.3 Å². The van der Waals surface area contributed by atoms with E-state index in [9.17, 15) is 0 Å². The zero-order valence-corrected chi connectivity index (χ0v) is 13.7. The van der Waals surface area contributed by atoms with E-state index in [-0.39, 0.29) is 0 Å². The van der Waals surface area contributed by atoms with Crippen LogP contribution in [0.2, 0.25) is 0 Å². The molecule has 0 N–H and O–H groups in total. The van der Waals surface area contributed by atoms with E-state index in [0.29, 0.717) is 6.61 Å². The van der Waals surface area contributed by atoms with Crippen LogP contribution in [0.15, 0.2) is 48.5 Å². The molecule has 0 heterocycles. The van der Waals surface area contributed by atoms with Gasteiger partial charge in [-0.05, 0) is 63.3 Å². The zero-order chi connectivity index (χ0) is 15.8. The van der Waals surface area contributed by atoms with Gasteiger partial charge >= 0.3 is 0 Å². The number of aryl methyl sites for hydroxylation is 1. The summed E-state index contributed by atoms with van der Waals surface area (Å²) in [5, 5.41) is 0. The van der Waals surface area contributed by atoms with E-state index in [1.54, 1.807) is 7.11 Å². The van der Waals surface area contributed by atoms with Gasteiger partial charge in [0.25, 0.3) is 0 Å². The average molecular weight is 299 g/mol. The summed E-state index contributed by atoms with van der Waals surface area (Å²) in [6.07, 6.45) is 2.22. The maximum atomic E-state index is 5.84. The second-order valence-electron chi connectivity index (χ2n) is 5.65. The van der Waals surface area contributed by atoms with Crippen molar-refractivity contribution >= 4 is 0 Å². The Hall–Kier alpha value is -2.00. The van der Waals surface area contributed by atoms with Gasteiger partial charge in [0, 0.05) is 5.56 Å². The standard InChI is InChI=1S/C19H25NO2/c1-20(2)13-7-8-16-11-12-19(21-3)17(14-16)15-22-18-9-5-4-6-10-18/h4-6,9-12,14H,7-8,13,15H2,1-3H3. The van der Waals surface area contributed by atoms with Crippen LogP contribution in [0.5, 0.6) is 11.5 Å². The molecule has 0 spiro atoms. The number of benzene rings is 2. The van der Waals surface area contributed by atoms with Crippen molar-refractivity contribution < 1.29 is 9.47 Å². The van der Waals surface area contributed by atoms with Crippen LogP contribution in [0, 0.1) is 0 Å². The second kappa shape index (κ2) is 8.44. The lowest BCUT2D eigenvalue weighted by Gasteiger charge is -2.13. The number of hydrogen-bond acceptors (Lipinski definition) is 3. The molecule has 0 fully saturated rings. The number of nitrogens with zero attached hydrogens (tertiary/aromatic N) is 1. The van der Waals surface area contributed by atoms with Crippen LogP contribution in [0.1, 0.15) is 17.5 Å². The quantitative estimate of drug-likeness (QED) is 0.740. The van der Waals surface area contributed by atoms with Gasteiger partial charge in [0.15, 0.2) is 0 Å². The third-order valence-electron chi connectivity index (χ3n) is 3.55. The van der Waals surface area contributed by atoms with Crippen LogP contribution in [0.4, 0.5) is 0 Å². The van der Waals surface area contributed by atoms with Crippen LogP contribution in [0.25, 0.3) is 0 Å². The maximum absolute atomic E-state index is 5.84. The van der Waals surface area contributed by atoms with Crippen molar-refractivity contribution in [1.82, 2.24) is 4.90 Å². The summed E-state index contributed by atoms with van der Waals surface area (Å²) in [6.45, 7) is 1.62. The lowest BCUT2D eigenvalue weighted by molar-refractivity contribution is 0.296. The number of para-hydroxylation sites is 1. The summed E-state index contributed by atoms with van der Waals surface area (Å²) in [4.78, 5) is 2.21. The molecular formula is C19H25NO2. The molecule has 0 aromatic heterocycles. The molecule has 22 heavy (non-hydrogen) atoms. The molecular weight excluding hydrogens is 274 g/mol. The first-order valence-corrected chi connectivity index (χ1v) is 7.67. The summed E-state index contributed by atoms with van der Waals surface area (Å²) in [5.74, 6) is 1.76. The van der Waals surface area contributed by atoms with Crippen molar-refractivity contribution in [3.63, 3.8) is 0 Å². The molecule has 0 unspecified atom stereocenters. The van der Waals surface area contributed by atoms with Gasteiger partial charge in [-0.3, -0.25) is 0 Å². The van der Waals surface area contributed by atoms with Gasteiger partial charge in [0.2, 0.25) is 0 Å². The molecule has 0 aliphatic rings. The summed E-state index contributed by atoms with van der Waals surface area (Å²) in [7, 11) is 5.91. The third-order valence-corrected chi connectivity index (χ3v) is 3.55. The zero-order valence-electron chi connectivity index (χ0n) is 13.7. The molecule has 0 atom stereocenters. The summed E-state index contributed by atoms with van der Waals surface area (Å²) < 4.78 is 11.3. The fourth-order valence-electron chi connectivity index (χ4n) is 2.38. The molecule has 2 rings (SSSR count). The Labute approximate surface area is 133 Å². The van der Waals surface area contributed by atoms with Crippen LogP contribution in [-0.4, -0.2) is 32.6 Å². The van der Waals surface area contributed by atoms with Crippen molar-refractivity contribution in [3.8, 4) is 11.5 Å². The van der Waals surface area contributed by atoms with Crippen molar-refractivity contribution in [1.29, 1.82) is 0 Å². The number of rotatable bonds is 8. The monoisotopic (exact) mass is 299 g/mol. The van der Waals surface area contributed by atoms with Gasteiger partial charge in [0.05, 0.1) is 7.11 Å². The highest BCUT2D eigenvalue weighted by atomic mass is 16.5. The van der Waals surface area contributed by atoms with Gasteiger partial charge in [-0.25, -0.2) is 0 Å². The molecule has 0 saturated carbocycles. The number of hydrogen-bond donors (Lipinski definition) is 0. The van der Waals surface area contributed by atoms with Crippen molar-refractivity contribution in [2.45, 2.75) is 19.4 Å². The number of ether oxygens (including phenoxy) is 2. The summed E-state index contributed by atoms with van der Waals surface area (Å²) in [5.41, 5.74) is 2.42. The lowest BCUT2D eigenvalue weighted by atomic mass is 10.1. The molecule has 0 aliphatic heterocycles. The van der Waals surface area contributed by atoms with E-state index in [1.165, 1.54) is 5.56 Å². The van der Waals surface area contributed by atoms with E-state index in [1.807, 2.05) is 36.4 Å². The van der Waals surface area contributed by atoms with Gasteiger partial charge < -0.3 is 14.4 Å². The van der Waals surface area contributed by atoms with Crippen molar-refractivity contribution in [3.05, 3.63) is 59.7 Å². The van der Waals surface area contributed by atoms with Gasteiger partial charge in [-0.2, -0.15) is 0 Å². The van der Waals surface area contributed by atoms with Crippen LogP contribution >= 0.6 is 0 Å². The highest BCUT2D eigenvalue weighted by Gasteiger charge is 2.06. The molecule has 0 saturated heterocycles. The Bertz CT molecular complexity index is 567. The molecule has 0 amide bonds. The topological polar surface area (TPSA) is 21.7 Å². The summed E-state index contributed by atoms with van der Waals surface area (Å²) >= 11 is 0. The minimum atomic E-state index is 0.523. The first-order valence-electron chi connectivity index (χ1n) is 7.67. The molecule has 2 aromatic carbocycles. The minimum absolute atomic E-state index is 0.523. The molecule has 0 radical (unpaired) electrons. The molecule has 2 aromatic rings. The number of methoxy groups -OCH3 is 1. The molecule has 0 bridgehead atoms. The van der Waals surface area contributed by atoms with E-state index >= 15 is 0 Å². The molecule has 0 aliphatic carbocycles. The van der Waals surface area contributed by atoms with E-state index < -0.39 is 0 Å². The normalized spacial score (nSPS) is 10.7. The first kappa shape index (κ1) is 16.4. The average Bonchev–Trinajstić information content (AvgIpc) is 2.54. The minimum Gasteiger partial charge on any atom is -0.496 e. The fraction of sp³-hybridized carbons (Fsp3) is 0.368. The molecule has 3 nitrogen and oxygen atoms in total. The van der Waals surface area contributed by atoms with E-state index in [4.69, 9.17) is 9.47 Å². The first-order chi connectivity index (χ1) is 10.7. The highest BCUT2D eigenvalue weighted by Crippen LogP contribution is 2.22. The second-order valence-corrected chi connectivity index (χ2v) is 5.65. The van der Waals surface area contributed by atoms with Crippen molar-refractivity contribution in [2.75, 3.05) is 27.7 Å². The third kappa shape index (κ3) is 5.08. The SMILES string of the molecule is COc1ccc(CCCN(C)C)cc1COc1ccccc1. The smallest absolute Gasteiger partial charge is 0.125 e. The van der Waals surface area contributed by atoms with E-state index in [0.717, 1.165) is 36.4 Å². The Morgan fingerprint density at radius 1 is 1.00 bits per heavy atom. The Balaban J connectivity index is 2.01. The largest absolute Gasteiger partial charge is 0.496 e. The molecule has 3 heteroatoms. The Kier molecular flexibility index (Phi) is 6.28. The van der Waals surface area contributed by atoms with Crippen LogP contribution in [0.3, 0.4) is 0 Å². The Morgan fingerprint density at radius 3 is 2.45 bits per heavy atom. The van der Waals surface area contributed by atoms with Gasteiger partial charge in [-0.15, -0.1) is 0 Å². The van der Waals surface area contributed by atoms with Crippen LogP contribution in [-0.2, 0) is 13.0 Å².